The molecule has 0 aliphatic rings. The van der Waals surface area contributed by atoms with Gasteiger partial charge in [-0.15, -0.1) is 0 Å². The Morgan fingerprint density at radius 1 is 1.00 bits per heavy atom. The zero-order valence-electron chi connectivity index (χ0n) is 13.1. The summed E-state index contributed by atoms with van der Waals surface area (Å²) in [5, 5.41) is 11.2. The predicted molar refractivity (Wildman–Crippen MR) is 88.3 cm³/mol. The Bertz CT molecular complexity index is 883. The van der Waals surface area contributed by atoms with Crippen molar-refractivity contribution < 1.29 is 14.0 Å². The topological polar surface area (TPSA) is 46.1 Å². The molecule has 0 radical (unpaired) electrons. The molecule has 3 rings (SSSR count). The Hall–Kier alpha value is -3.06. The van der Waals surface area contributed by atoms with E-state index in [4.69, 9.17) is 14.7 Å². The fourth-order valence-electron chi connectivity index (χ4n) is 2.76. The Morgan fingerprint density at radius 3 is 2.35 bits per heavy atom. The van der Waals surface area contributed by atoms with E-state index in [1.807, 2.05) is 59.3 Å². The summed E-state index contributed by atoms with van der Waals surface area (Å²) in [5.41, 5.74) is 2.05. The number of aromatic nitrogens is 1. The Kier molecular flexibility index (Phi) is 4.11. The number of pyridine rings is 1. The number of fused-ring (bicyclic) bond motifs is 1. The van der Waals surface area contributed by atoms with Gasteiger partial charge in [0.1, 0.15) is 6.07 Å². The van der Waals surface area contributed by atoms with Crippen molar-refractivity contribution in [1.82, 2.24) is 0 Å². The molecule has 23 heavy (non-hydrogen) atoms. The van der Waals surface area contributed by atoms with Crippen LogP contribution in [-0.4, -0.2) is 14.2 Å². The average Bonchev–Trinajstić information content (AvgIpc) is 2.61. The molecule has 0 aliphatic carbocycles. The highest BCUT2D eigenvalue weighted by Crippen LogP contribution is 2.35. The lowest BCUT2D eigenvalue weighted by Crippen LogP contribution is -2.35. The lowest BCUT2D eigenvalue weighted by Gasteiger charge is -2.11. The van der Waals surface area contributed by atoms with E-state index in [0.29, 0.717) is 11.5 Å². The summed E-state index contributed by atoms with van der Waals surface area (Å²) in [4.78, 5) is 0. The molecule has 4 heteroatoms. The molecule has 114 valence electrons. The number of benzene rings is 2. The number of nitrogens with zero attached hydrogens (tertiary/aromatic N) is 2. The molecule has 2 aromatic carbocycles. The van der Waals surface area contributed by atoms with Crippen molar-refractivity contribution in [3.8, 4) is 28.8 Å². The van der Waals surface area contributed by atoms with Crippen LogP contribution in [0, 0.1) is 11.3 Å². The molecule has 1 heterocycles. The largest absolute Gasteiger partial charge is 0.493 e. The van der Waals surface area contributed by atoms with Crippen LogP contribution in [0.15, 0.2) is 54.7 Å². The van der Waals surface area contributed by atoms with Crippen LogP contribution in [0.1, 0.15) is 0 Å². The summed E-state index contributed by atoms with van der Waals surface area (Å²) in [7, 11) is 3.25. The first-order valence-electron chi connectivity index (χ1n) is 7.29. The molecule has 0 saturated carbocycles. The molecule has 0 atom stereocenters. The van der Waals surface area contributed by atoms with Crippen LogP contribution in [0.3, 0.4) is 0 Å². The Morgan fingerprint density at radius 2 is 1.70 bits per heavy atom. The normalized spacial score (nSPS) is 10.3. The van der Waals surface area contributed by atoms with E-state index in [9.17, 15) is 0 Å². The van der Waals surface area contributed by atoms with Gasteiger partial charge in [-0.2, -0.15) is 9.83 Å². The van der Waals surface area contributed by atoms with Crippen LogP contribution in [0.25, 0.3) is 22.0 Å². The van der Waals surface area contributed by atoms with Crippen molar-refractivity contribution in [2.45, 2.75) is 6.54 Å². The lowest BCUT2D eigenvalue weighted by molar-refractivity contribution is -0.673. The first-order chi connectivity index (χ1) is 11.3. The highest BCUT2D eigenvalue weighted by atomic mass is 16.5. The highest BCUT2D eigenvalue weighted by Gasteiger charge is 2.19. The summed E-state index contributed by atoms with van der Waals surface area (Å²) in [6.07, 6.45) is 1.93. The molecule has 1 aromatic heterocycles. The van der Waals surface area contributed by atoms with Crippen molar-refractivity contribution in [2.24, 2.45) is 0 Å². The molecular formula is C19H17N2O2+. The van der Waals surface area contributed by atoms with Crippen LogP contribution < -0.4 is 14.0 Å². The van der Waals surface area contributed by atoms with Crippen molar-refractivity contribution >= 4 is 10.8 Å². The molecule has 0 amide bonds. The minimum Gasteiger partial charge on any atom is -0.493 e. The first-order valence-corrected chi connectivity index (χ1v) is 7.29. The van der Waals surface area contributed by atoms with Gasteiger partial charge in [0.2, 0.25) is 12.2 Å². The van der Waals surface area contributed by atoms with E-state index in [2.05, 4.69) is 6.07 Å². The predicted octanol–water partition coefficient (Wildman–Crippen LogP) is 3.34. The lowest BCUT2D eigenvalue weighted by atomic mass is 10.0. The van der Waals surface area contributed by atoms with E-state index in [-0.39, 0.29) is 6.54 Å². The second-order valence-electron chi connectivity index (χ2n) is 5.11. The maximum Gasteiger partial charge on any atom is 0.234 e. The van der Waals surface area contributed by atoms with E-state index in [1.54, 1.807) is 14.2 Å². The molecule has 0 fully saturated rings. The van der Waals surface area contributed by atoms with Gasteiger partial charge in [0.05, 0.1) is 19.6 Å². The summed E-state index contributed by atoms with van der Waals surface area (Å²) >= 11 is 0. The van der Waals surface area contributed by atoms with Crippen LogP contribution >= 0.6 is 0 Å². The molecule has 0 N–H and O–H groups in total. The third kappa shape index (κ3) is 2.69. The third-order valence-electron chi connectivity index (χ3n) is 3.82. The average molecular weight is 305 g/mol. The summed E-state index contributed by atoms with van der Waals surface area (Å²) in [6.45, 7) is 0.286. The van der Waals surface area contributed by atoms with Gasteiger partial charge in [0.25, 0.3) is 0 Å². The minimum absolute atomic E-state index is 0.286. The molecule has 0 aliphatic heterocycles. The number of ether oxygens (including phenoxy) is 2. The molecule has 0 saturated heterocycles. The van der Waals surface area contributed by atoms with Gasteiger partial charge in [-0.3, -0.25) is 0 Å². The number of hydrogen-bond acceptors (Lipinski definition) is 3. The molecule has 0 bridgehead atoms. The van der Waals surface area contributed by atoms with Gasteiger partial charge in [-0.1, -0.05) is 18.2 Å². The van der Waals surface area contributed by atoms with Crippen molar-refractivity contribution in [3.63, 3.8) is 0 Å². The van der Waals surface area contributed by atoms with Gasteiger partial charge >= 0.3 is 0 Å². The monoisotopic (exact) mass is 305 g/mol. The number of methoxy groups -OCH3 is 2. The number of rotatable bonds is 4. The summed E-state index contributed by atoms with van der Waals surface area (Å²) < 4.78 is 12.8. The third-order valence-corrected chi connectivity index (χ3v) is 3.82. The number of hydrogen-bond donors (Lipinski definition) is 0. The summed E-state index contributed by atoms with van der Waals surface area (Å²) in [5.74, 6) is 1.36. The van der Waals surface area contributed by atoms with Gasteiger partial charge < -0.3 is 9.47 Å². The van der Waals surface area contributed by atoms with Crippen molar-refractivity contribution in [1.29, 1.82) is 5.26 Å². The van der Waals surface area contributed by atoms with Crippen LogP contribution in [0.4, 0.5) is 0 Å². The maximum absolute atomic E-state index is 9.13. The first kappa shape index (κ1) is 14.9. The minimum atomic E-state index is 0.286. The van der Waals surface area contributed by atoms with E-state index >= 15 is 0 Å². The fraction of sp³-hybridized carbons (Fsp3) is 0.158. The molecule has 3 aromatic rings. The van der Waals surface area contributed by atoms with Crippen molar-refractivity contribution in [2.75, 3.05) is 14.2 Å². The Labute approximate surface area is 135 Å². The molecule has 0 unspecified atom stereocenters. The smallest absolute Gasteiger partial charge is 0.234 e. The second kappa shape index (κ2) is 6.37. The van der Waals surface area contributed by atoms with Crippen LogP contribution in [-0.2, 0) is 6.54 Å². The second-order valence-corrected chi connectivity index (χ2v) is 5.11. The summed E-state index contributed by atoms with van der Waals surface area (Å²) in [6, 6.07) is 18.2. The van der Waals surface area contributed by atoms with Crippen LogP contribution in [0.5, 0.6) is 11.5 Å². The van der Waals surface area contributed by atoms with Gasteiger partial charge in [-0.25, -0.2) is 0 Å². The molecule has 0 spiro atoms. The van der Waals surface area contributed by atoms with Gasteiger partial charge in [0, 0.05) is 11.6 Å². The van der Waals surface area contributed by atoms with Crippen molar-refractivity contribution in [3.05, 3.63) is 54.7 Å². The molecular weight excluding hydrogens is 288 g/mol. The zero-order chi connectivity index (χ0) is 16.2. The Balaban J connectivity index is 2.37. The SMILES string of the molecule is COc1cc2cc[n+](CC#N)c(-c3ccccc3)c2cc1OC. The van der Waals surface area contributed by atoms with Crippen LogP contribution in [0.2, 0.25) is 0 Å². The zero-order valence-corrected chi connectivity index (χ0v) is 13.1. The van der Waals surface area contributed by atoms with E-state index < -0.39 is 0 Å². The quantitative estimate of drug-likeness (QED) is 0.695. The fourth-order valence-corrected chi connectivity index (χ4v) is 2.76. The number of nitriles is 1. The standard InChI is InChI=1S/C19H17N2O2/c1-22-17-12-15-8-10-21(11-9-20)19(14-6-4-3-5-7-14)16(15)13-18(17)23-2/h3-8,10,12-13H,11H2,1-2H3/q+1. The highest BCUT2D eigenvalue weighted by molar-refractivity contribution is 5.95. The van der Waals surface area contributed by atoms with E-state index in [1.165, 1.54) is 0 Å². The maximum atomic E-state index is 9.13. The molecule has 4 nitrogen and oxygen atoms in total. The van der Waals surface area contributed by atoms with Gasteiger partial charge in [-0.05, 0) is 29.7 Å². The van der Waals surface area contributed by atoms with E-state index in [0.717, 1.165) is 22.0 Å². The van der Waals surface area contributed by atoms with Gasteiger partial charge in [0.15, 0.2) is 17.7 Å².